The first kappa shape index (κ1) is 19.2. The summed E-state index contributed by atoms with van der Waals surface area (Å²) in [4.78, 5) is 24.2. The molecule has 2 amide bonds. The lowest BCUT2D eigenvalue weighted by molar-refractivity contribution is -0.127. The number of rotatable bonds is 5. The van der Waals surface area contributed by atoms with Crippen LogP contribution in [0.2, 0.25) is 0 Å². The van der Waals surface area contributed by atoms with E-state index in [1.807, 2.05) is 12.1 Å². The highest BCUT2D eigenvalue weighted by Gasteiger charge is 2.48. The Kier molecular flexibility index (Phi) is 6.66. The first-order valence-electron chi connectivity index (χ1n) is 8.13. The van der Waals surface area contributed by atoms with Crippen LogP contribution in [0.15, 0.2) is 28.7 Å². The van der Waals surface area contributed by atoms with Gasteiger partial charge in [-0.05, 0) is 55.4 Å². The number of hydrogen-bond acceptors (Lipinski definition) is 3. The van der Waals surface area contributed by atoms with E-state index in [0.29, 0.717) is 30.5 Å². The van der Waals surface area contributed by atoms with Crippen LogP contribution in [-0.2, 0) is 4.79 Å². The van der Waals surface area contributed by atoms with Crippen molar-refractivity contribution in [2.45, 2.75) is 25.3 Å². The minimum absolute atomic E-state index is 0. The number of carbonyl (C=O) groups excluding carboxylic acids is 2. The first-order chi connectivity index (χ1) is 11.1. The summed E-state index contributed by atoms with van der Waals surface area (Å²) in [6, 6.07) is 7.17. The minimum Gasteiger partial charge on any atom is -0.354 e. The van der Waals surface area contributed by atoms with Crippen molar-refractivity contribution in [1.82, 2.24) is 10.6 Å². The summed E-state index contributed by atoms with van der Waals surface area (Å²) in [5, 5.41) is 5.72. The second kappa shape index (κ2) is 8.32. The van der Waals surface area contributed by atoms with Gasteiger partial charge in [-0.1, -0.05) is 15.9 Å². The summed E-state index contributed by atoms with van der Waals surface area (Å²) in [6.07, 6.45) is 3.38. The summed E-state index contributed by atoms with van der Waals surface area (Å²) < 4.78 is 0.934. The molecule has 2 aliphatic rings. The Balaban J connectivity index is 0.00000208. The lowest BCUT2D eigenvalue weighted by Gasteiger charge is -2.27. The van der Waals surface area contributed by atoms with E-state index in [4.69, 9.17) is 5.73 Å². The van der Waals surface area contributed by atoms with Crippen molar-refractivity contribution in [1.29, 1.82) is 0 Å². The average molecular weight is 417 g/mol. The summed E-state index contributed by atoms with van der Waals surface area (Å²) in [6.45, 7) is 0.846. The molecule has 2 fully saturated rings. The number of nitrogens with one attached hydrogen (secondary N) is 2. The van der Waals surface area contributed by atoms with Crippen molar-refractivity contribution in [3.05, 3.63) is 34.3 Å². The van der Waals surface area contributed by atoms with E-state index >= 15 is 0 Å². The van der Waals surface area contributed by atoms with Crippen LogP contribution in [0.5, 0.6) is 0 Å². The smallest absolute Gasteiger partial charge is 0.251 e. The van der Waals surface area contributed by atoms with Crippen molar-refractivity contribution in [2.75, 3.05) is 13.1 Å². The van der Waals surface area contributed by atoms with E-state index in [1.165, 1.54) is 6.42 Å². The molecule has 0 aromatic heterocycles. The number of amides is 2. The Hall–Kier alpha value is -1.11. The van der Waals surface area contributed by atoms with Gasteiger partial charge in [-0.2, -0.15) is 0 Å². The maximum absolute atomic E-state index is 12.3. The molecule has 1 aromatic carbocycles. The largest absolute Gasteiger partial charge is 0.354 e. The van der Waals surface area contributed by atoms with E-state index < -0.39 is 0 Å². The number of carbonyl (C=O) groups is 2. The van der Waals surface area contributed by atoms with Crippen LogP contribution in [-0.4, -0.2) is 30.9 Å². The van der Waals surface area contributed by atoms with Crippen LogP contribution in [0.25, 0.3) is 0 Å². The van der Waals surface area contributed by atoms with Crippen molar-refractivity contribution >= 4 is 40.2 Å². The Morgan fingerprint density at radius 2 is 1.71 bits per heavy atom. The molecular formula is C17H23BrClN3O2. The van der Waals surface area contributed by atoms with Gasteiger partial charge in [0.2, 0.25) is 5.91 Å². The van der Waals surface area contributed by atoms with E-state index in [1.54, 1.807) is 12.1 Å². The van der Waals surface area contributed by atoms with Crippen LogP contribution < -0.4 is 16.4 Å². The van der Waals surface area contributed by atoms with Gasteiger partial charge in [-0.3, -0.25) is 9.59 Å². The molecule has 7 heteroatoms. The number of halogens is 2. The molecule has 1 aromatic rings. The molecule has 0 radical (unpaired) electrons. The van der Waals surface area contributed by atoms with Crippen molar-refractivity contribution in [3.63, 3.8) is 0 Å². The average Bonchev–Trinajstić information content (AvgIpc) is 3.12. The monoisotopic (exact) mass is 415 g/mol. The number of hydrogen-bond donors (Lipinski definition) is 3. The molecule has 3 rings (SSSR count). The lowest BCUT2D eigenvalue weighted by Crippen LogP contribution is -2.46. The van der Waals surface area contributed by atoms with Crippen LogP contribution in [0.4, 0.5) is 0 Å². The fourth-order valence-corrected chi connectivity index (χ4v) is 4.17. The van der Waals surface area contributed by atoms with Crippen LogP contribution >= 0.6 is 28.3 Å². The van der Waals surface area contributed by atoms with Gasteiger partial charge in [-0.15, -0.1) is 12.4 Å². The predicted octanol–water partition coefficient (Wildman–Crippen LogP) is 2.09. The third-order valence-corrected chi connectivity index (χ3v) is 5.63. The summed E-state index contributed by atoms with van der Waals surface area (Å²) in [7, 11) is 0. The maximum atomic E-state index is 12.3. The SMILES string of the molecule is Cl.NC1C2CCC(C2)C1C(=O)NCCNC(=O)c1ccc(Br)cc1. The normalized spacial score (nSPS) is 27.4. The molecule has 0 spiro atoms. The standard InChI is InChI=1S/C17H22BrN3O2.ClH/c18-13-5-3-10(4-6-13)16(22)20-7-8-21-17(23)14-11-1-2-12(9-11)15(14)19;/h3-6,11-12,14-15H,1-2,7-9,19H2,(H,20,22)(H,21,23);1H. The van der Waals surface area contributed by atoms with Gasteiger partial charge in [0.25, 0.3) is 5.91 Å². The molecule has 2 saturated carbocycles. The Labute approximate surface area is 156 Å². The van der Waals surface area contributed by atoms with Gasteiger partial charge in [-0.25, -0.2) is 0 Å². The molecule has 0 aliphatic heterocycles. The third kappa shape index (κ3) is 4.10. The zero-order valence-corrected chi connectivity index (χ0v) is 15.7. The van der Waals surface area contributed by atoms with Gasteiger partial charge in [0, 0.05) is 29.2 Å². The third-order valence-electron chi connectivity index (χ3n) is 5.10. The highest BCUT2D eigenvalue weighted by Crippen LogP contribution is 2.47. The fraction of sp³-hybridized carbons (Fsp3) is 0.529. The number of benzene rings is 1. The van der Waals surface area contributed by atoms with E-state index in [-0.39, 0.29) is 36.2 Å². The highest BCUT2D eigenvalue weighted by molar-refractivity contribution is 9.10. The van der Waals surface area contributed by atoms with Crippen molar-refractivity contribution in [2.24, 2.45) is 23.5 Å². The minimum atomic E-state index is -0.136. The van der Waals surface area contributed by atoms with Gasteiger partial charge in [0.15, 0.2) is 0 Å². The highest BCUT2D eigenvalue weighted by atomic mass is 79.9. The van der Waals surface area contributed by atoms with Crippen LogP contribution in [0.1, 0.15) is 29.6 Å². The van der Waals surface area contributed by atoms with Crippen LogP contribution in [0, 0.1) is 17.8 Å². The zero-order valence-electron chi connectivity index (χ0n) is 13.3. The van der Waals surface area contributed by atoms with Gasteiger partial charge in [0.05, 0.1) is 5.92 Å². The lowest BCUT2D eigenvalue weighted by atomic mass is 9.84. The molecular weight excluding hydrogens is 394 g/mol. The van der Waals surface area contributed by atoms with Gasteiger partial charge in [0.1, 0.15) is 0 Å². The summed E-state index contributed by atoms with van der Waals surface area (Å²) >= 11 is 3.34. The van der Waals surface area contributed by atoms with Crippen LogP contribution in [0.3, 0.4) is 0 Å². The Bertz CT molecular complexity index is 594. The number of nitrogens with two attached hydrogens (primary N) is 1. The second-order valence-corrected chi connectivity index (χ2v) is 7.41. The van der Waals surface area contributed by atoms with E-state index in [0.717, 1.165) is 17.3 Å². The molecule has 4 N–H and O–H groups in total. The number of fused-ring (bicyclic) bond motifs is 2. The fourth-order valence-electron chi connectivity index (χ4n) is 3.91. The molecule has 0 saturated heterocycles. The van der Waals surface area contributed by atoms with E-state index in [2.05, 4.69) is 26.6 Å². The molecule has 132 valence electrons. The molecule has 5 nitrogen and oxygen atoms in total. The quantitative estimate of drug-likeness (QED) is 0.643. The molecule has 0 heterocycles. The topological polar surface area (TPSA) is 84.2 Å². The van der Waals surface area contributed by atoms with Crippen molar-refractivity contribution < 1.29 is 9.59 Å². The maximum Gasteiger partial charge on any atom is 0.251 e. The van der Waals surface area contributed by atoms with Gasteiger partial charge < -0.3 is 16.4 Å². The molecule has 2 bridgehead atoms. The van der Waals surface area contributed by atoms with E-state index in [9.17, 15) is 9.59 Å². The molecule has 24 heavy (non-hydrogen) atoms. The van der Waals surface area contributed by atoms with Gasteiger partial charge >= 0.3 is 0 Å². The molecule has 4 atom stereocenters. The predicted molar refractivity (Wildman–Crippen MR) is 99.0 cm³/mol. The summed E-state index contributed by atoms with van der Waals surface area (Å²) in [5.74, 6) is 0.835. The molecule has 2 aliphatic carbocycles. The molecule has 4 unspecified atom stereocenters. The zero-order chi connectivity index (χ0) is 16.4. The Morgan fingerprint density at radius 1 is 1.08 bits per heavy atom. The summed E-state index contributed by atoms with van der Waals surface area (Å²) in [5.41, 5.74) is 6.78. The first-order valence-corrected chi connectivity index (χ1v) is 8.92. The van der Waals surface area contributed by atoms with Crippen molar-refractivity contribution in [3.8, 4) is 0 Å². The Morgan fingerprint density at radius 3 is 2.33 bits per heavy atom. The second-order valence-electron chi connectivity index (χ2n) is 6.49.